The molecule has 0 unspecified atom stereocenters. The molecule has 0 radical (unpaired) electrons. The molecule has 7 heteroatoms. The van der Waals surface area contributed by atoms with Crippen molar-refractivity contribution < 1.29 is 9.53 Å². The molecule has 6 nitrogen and oxygen atoms in total. The Hall–Kier alpha value is -2.90. The first-order chi connectivity index (χ1) is 15.1. The highest BCUT2D eigenvalue weighted by molar-refractivity contribution is 7.21. The van der Waals surface area contributed by atoms with E-state index in [0.29, 0.717) is 13.2 Å². The quantitative estimate of drug-likeness (QED) is 0.422. The molecule has 1 amide bonds. The summed E-state index contributed by atoms with van der Waals surface area (Å²) in [5.74, 6) is 0.0837. The fourth-order valence-corrected chi connectivity index (χ4v) is 5.36. The monoisotopic (exact) mass is 434 g/mol. The lowest BCUT2D eigenvalue weighted by Crippen LogP contribution is -2.37. The second-order valence-electron chi connectivity index (χ2n) is 8.02. The van der Waals surface area contributed by atoms with Crippen molar-refractivity contribution in [3.05, 3.63) is 53.2 Å². The number of likely N-dealkylation sites (tertiary alicyclic amines) is 1. The average molecular weight is 435 g/mol. The number of H-pyrrole nitrogens is 1. The molecule has 0 aliphatic carbocycles. The lowest BCUT2D eigenvalue weighted by Gasteiger charge is -2.23. The normalized spacial score (nSPS) is 16.5. The zero-order valence-corrected chi connectivity index (χ0v) is 18.6. The summed E-state index contributed by atoms with van der Waals surface area (Å²) in [6.07, 6.45) is 3.82. The van der Waals surface area contributed by atoms with Crippen LogP contribution in [0.2, 0.25) is 0 Å². The number of rotatable bonds is 6. The van der Waals surface area contributed by atoms with Crippen molar-refractivity contribution in [3.63, 3.8) is 0 Å². The predicted molar refractivity (Wildman–Crippen MR) is 126 cm³/mol. The number of fused-ring (bicyclic) bond motifs is 2. The summed E-state index contributed by atoms with van der Waals surface area (Å²) >= 11 is 1.51. The molecule has 5 rings (SSSR count). The van der Waals surface area contributed by atoms with Crippen molar-refractivity contribution in [3.8, 4) is 0 Å². The van der Waals surface area contributed by atoms with E-state index in [1.807, 2.05) is 24.0 Å². The first-order valence-electron chi connectivity index (χ1n) is 10.8. The Kier molecular flexibility index (Phi) is 5.38. The van der Waals surface area contributed by atoms with Crippen molar-refractivity contribution >= 4 is 49.7 Å². The van der Waals surface area contributed by atoms with Crippen LogP contribution in [0.5, 0.6) is 0 Å². The van der Waals surface area contributed by atoms with Gasteiger partial charge in [-0.3, -0.25) is 9.78 Å². The van der Waals surface area contributed by atoms with Crippen molar-refractivity contribution in [1.29, 1.82) is 0 Å². The Balaban J connectivity index is 1.42. The van der Waals surface area contributed by atoms with Crippen LogP contribution in [0.3, 0.4) is 0 Å². The number of amides is 1. The molecule has 1 saturated heterocycles. The lowest BCUT2D eigenvalue weighted by molar-refractivity contribution is 0.0568. The largest absolute Gasteiger partial charge is 0.380 e. The molecule has 1 aliphatic rings. The van der Waals surface area contributed by atoms with Gasteiger partial charge in [0.2, 0.25) is 0 Å². The number of anilines is 2. The summed E-state index contributed by atoms with van der Waals surface area (Å²) < 4.78 is 6.59. The number of hydrogen-bond acceptors (Lipinski definition) is 5. The summed E-state index contributed by atoms with van der Waals surface area (Å²) in [6.45, 7) is 6.12. The highest BCUT2D eigenvalue weighted by atomic mass is 32.1. The third-order valence-corrected chi connectivity index (χ3v) is 6.96. The van der Waals surface area contributed by atoms with Crippen LogP contribution in [0.15, 0.2) is 42.6 Å². The number of aromatic nitrogens is 2. The number of aromatic amines is 1. The molecule has 0 saturated carbocycles. The molecule has 160 valence electrons. The van der Waals surface area contributed by atoms with E-state index in [4.69, 9.17) is 4.74 Å². The maximum Gasteiger partial charge on any atom is 0.264 e. The maximum absolute atomic E-state index is 13.2. The van der Waals surface area contributed by atoms with Crippen LogP contribution in [-0.4, -0.2) is 46.6 Å². The van der Waals surface area contributed by atoms with E-state index in [1.165, 1.54) is 16.7 Å². The van der Waals surface area contributed by atoms with E-state index in [1.54, 1.807) is 6.20 Å². The van der Waals surface area contributed by atoms with Gasteiger partial charge in [-0.05, 0) is 63.1 Å². The number of aryl methyl sites for hydroxylation is 1. The second-order valence-corrected chi connectivity index (χ2v) is 9.07. The average Bonchev–Trinajstić information content (AvgIpc) is 3.49. The van der Waals surface area contributed by atoms with Gasteiger partial charge in [-0.2, -0.15) is 0 Å². The zero-order valence-electron chi connectivity index (χ0n) is 17.8. The standard InChI is InChI=1S/C24H26N4O2S/c1-3-30-14-18-5-4-10-28(18)24(29)22-13-21-23(31-22)20(8-9-25-21)27-17-6-7-19-16(12-17)11-15(2)26-19/h6-9,11-13,18,26H,3-5,10,14H2,1-2H3,(H,25,27)/t18-/m0/s1. The van der Waals surface area contributed by atoms with E-state index in [9.17, 15) is 4.79 Å². The molecule has 1 aromatic carbocycles. The zero-order chi connectivity index (χ0) is 21.4. The number of nitrogens with one attached hydrogen (secondary N) is 2. The van der Waals surface area contributed by atoms with Crippen molar-refractivity contribution in [2.24, 2.45) is 0 Å². The topological polar surface area (TPSA) is 70.2 Å². The summed E-state index contributed by atoms with van der Waals surface area (Å²) in [5.41, 5.74) is 5.09. The maximum atomic E-state index is 13.2. The lowest BCUT2D eigenvalue weighted by atomic mass is 10.2. The van der Waals surface area contributed by atoms with Crippen LogP contribution in [0, 0.1) is 6.92 Å². The van der Waals surface area contributed by atoms with Gasteiger partial charge in [0, 0.05) is 41.6 Å². The van der Waals surface area contributed by atoms with Gasteiger partial charge in [-0.15, -0.1) is 11.3 Å². The Morgan fingerprint density at radius 3 is 3.10 bits per heavy atom. The van der Waals surface area contributed by atoms with Gasteiger partial charge >= 0.3 is 0 Å². The minimum Gasteiger partial charge on any atom is -0.380 e. The molecule has 4 heterocycles. The Morgan fingerprint density at radius 2 is 2.23 bits per heavy atom. The molecule has 3 aromatic heterocycles. The number of carbonyl (C=O) groups is 1. The fraction of sp³-hybridized carbons (Fsp3) is 0.333. The first-order valence-corrected chi connectivity index (χ1v) is 11.6. The third-order valence-electron chi connectivity index (χ3n) is 5.81. The van der Waals surface area contributed by atoms with Gasteiger partial charge < -0.3 is 19.9 Å². The van der Waals surface area contributed by atoms with E-state index in [2.05, 4.69) is 46.5 Å². The van der Waals surface area contributed by atoms with Crippen molar-refractivity contribution in [2.75, 3.05) is 25.1 Å². The number of benzene rings is 1. The molecular formula is C24H26N4O2S. The summed E-state index contributed by atoms with van der Waals surface area (Å²) in [6, 6.07) is 12.5. The second kappa shape index (κ2) is 8.32. The Labute approximate surface area is 185 Å². The highest BCUT2D eigenvalue weighted by Gasteiger charge is 2.30. The van der Waals surface area contributed by atoms with Crippen LogP contribution in [-0.2, 0) is 4.74 Å². The van der Waals surface area contributed by atoms with E-state index in [0.717, 1.165) is 57.1 Å². The minimum atomic E-state index is 0.0837. The van der Waals surface area contributed by atoms with E-state index < -0.39 is 0 Å². The molecule has 1 atom stereocenters. The Bertz CT molecular complexity index is 1250. The predicted octanol–water partition coefficient (Wildman–Crippen LogP) is 5.47. The third kappa shape index (κ3) is 3.91. The number of hydrogen-bond donors (Lipinski definition) is 2. The molecule has 2 N–H and O–H groups in total. The van der Waals surface area contributed by atoms with Gasteiger partial charge in [0.25, 0.3) is 5.91 Å². The molecule has 4 aromatic rings. The van der Waals surface area contributed by atoms with Gasteiger partial charge in [-0.1, -0.05) is 0 Å². The minimum absolute atomic E-state index is 0.0837. The van der Waals surface area contributed by atoms with Gasteiger partial charge in [0.1, 0.15) is 0 Å². The van der Waals surface area contributed by atoms with Gasteiger partial charge in [0.15, 0.2) is 0 Å². The van der Waals surface area contributed by atoms with Crippen LogP contribution < -0.4 is 5.32 Å². The summed E-state index contributed by atoms with van der Waals surface area (Å²) in [7, 11) is 0. The van der Waals surface area contributed by atoms with Crippen molar-refractivity contribution in [2.45, 2.75) is 32.7 Å². The number of thiophene rings is 1. The number of carbonyl (C=O) groups excluding carboxylic acids is 1. The van der Waals surface area contributed by atoms with Gasteiger partial charge in [-0.25, -0.2) is 0 Å². The van der Waals surface area contributed by atoms with Crippen LogP contribution >= 0.6 is 11.3 Å². The van der Waals surface area contributed by atoms with Crippen LogP contribution in [0.4, 0.5) is 11.4 Å². The SMILES string of the molecule is CCOC[C@@H]1CCCN1C(=O)c1cc2nccc(Nc3ccc4[nH]c(C)cc4c3)c2s1. The first kappa shape index (κ1) is 20.0. The fourth-order valence-electron chi connectivity index (χ4n) is 4.32. The molecule has 0 bridgehead atoms. The molecule has 1 fully saturated rings. The number of pyridine rings is 1. The highest BCUT2D eigenvalue weighted by Crippen LogP contribution is 2.34. The number of nitrogens with zero attached hydrogens (tertiary/aromatic N) is 2. The smallest absolute Gasteiger partial charge is 0.264 e. The molecular weight excluding hydrogens is 408 g/mol. The van der Waals surface area contributed by atoms with E-state index >= 15 is 0 Å². The summed E-state index contributed by atoms with van der Waals surface area (Å²) in [4.78, 5) is 23.8. The molecule has 1 aliphatic heterocycles. The molecule has 0 spiro atoms. The van der Waals surface area contributed by atoms with Crippen LogP contribution in [0.1, 0.15) is 35.1 Å². The van der Waals surface area contributed by atoms with Crippen molar-refractivity contribution in [1.82, 2.24) is 14.9 Å². The molecule has 31 heavy (non-hydrogen) atoms. The summed E-state index contributed by atoms with van der Waals surface area (Å²) in [5, 5.41) is 4.69. The van der Waals surface area contributed by atoms with E-state index in [-0.39, 0.29) is 11.9 Å². The van der Waals surface area contributed by atoms with Gasteiger partial charge in [0.05, 0.1) is 33.4 Å². The number of ether oxygens (including phenoxy) is 1. The Morgan fingerprint density at radius 1 is 1.32 bits per heavy atom. The van der Waals surface area contributed by atoms with Crippen LogP contribution in [0.25, 0.3) is 21.1 Å².